The Labute approximate surface area is 174 Å². The number of carboxylic acid groups (broad SMARTS) is 1. The van der Waals surface area contributed by atoms with Gasteiger partial charge in [-0.05, 0) is 30.7 Å². The first-order valence-corrected chi connectivity index (χ1v) is 9.43. The fraction of sp³-hybridized carbons (Fsp3) is 0.150. The highest BCUT2D eigenvalue weighted by atomic mass is 79.9. The van der Waals surface area contributed by atoms with Gasteiger partial charge in [-0.2, -0.15) is 0 Å². The molecule has 0 amide bonds. The molecule has 29 heavy (non-hydrogen) atoms. The molecule has 1 aromatic heterocycles. The number of aromatic carboxylic acids is 1. The lowest BCUT2D eigenvalue weighted by Gasteiger charge is -2.10. The summed E-state index contributed by atoms with van der Waals surface area (Å²) < 4.78 is 28.2. The summed E-state index contributed by atoms with van der Waals surface area (Å²) >= 11 is 3.06. The molecular weight excluding hydrogens is 446 g/mol. The summed E-state index contributed by atoms with van der Waals surface area (Å²) in [5.41, 5.74) is 1.90. The van der Waals surface area contributed by atoms with Gasteiger partial charge in [0, 0.05) is 40.9 Å². The molecule has 0 fully saturated rings. The van der Waals surface area contributed by atoms with E-state index in [9.17, 15) is 18.7 Å². The minimum atomic E-state index is -1.03. The van der Waals surface area contributed by atoms with E-state index in [2.05, 4.69) is 36.5 Å². The van der Waals surface area contributed by atoms with E-state index in [1.165, 1.54) is 24.5 Å². The molecule has 150 valence electrons. The third-order valence-corrected chi connectivity index (χ3v) is 4.73. The Hall–Kier alpha value is -3.07. The van der Waals surface area contributed by atoms with E-state index >= 15 is 0 Å². The Bertz CT molecular complexity index is 1040. The second kappa shape index (κ2) is 8.95. The van der Waals surface area contributed by atoms with E-state index in [0.29, 0.717) is 27.2 Å². The number of nitrogens with one attached hydrogen (secondary N) is 2. The minimum absolute atomic E-state index is 0.00194. The summed E-state index contributed by atoms with van der Waals surface area (Å²) in [5.74, 6) is -1.76. The third-order valence-electron chi connectivity index (χ3n) is 4.27. The third kappa shape index (κ3) is 4.86. The molecule has 0 aliphatic heterocycles. The van der Waals surface area contributed by atoms with Crippen LogP contribution in [-0.4, -0.2) is 34.6 Å². The lowest BCUT2D eigenvalue weighted by Crippen LogP contribution is -2.09. The molecule has 2 aromatic carbocycles. The summed E-state index contributed by atoms with van der Waals surface area (Å²) in [5, 5.41) is 15.1. The average molecular weight is 463 g/mol. The Morgan fingerprint density at radius 1 is 1.14 bits per heavy atom. The summed E-state index contributed by atoms with van der Waals surface area (Å²) in [6.07, 6.45) is 1.50. The lowest BCUT2D eigenvalue weighted by atomic mass is 10.1. The Balaban J connectivity index is 1.74. The van der Waals surface area contributed by atoms with Gasteiger partial charge in [-0.25, -0.2) is 23.5 Å². The molecule has 3 N–H and O–H groups in total. The molecule has 0 radical (unpaired) electrons. The van der Waals surface area contributed by atoms with Gasteiger partial charge in [0.25, 0.3) is 0 Å². The molecule has 0 aliphatic rings. The van der Waals surface area contributed by atoms with Crippen molar-refractivity contribution in [1.82, 2.24) is 9.97 Å². The van der Waals surface area contributed by atoms with Gasteiger partial charge in [-0.15, -0.1) is 0 Å². The highest BCUT2D eigenvalue weighted by Gasteiger charge is 2.12. The van der Waals surface area contributed by atoms with Crippen molar-refractivity contribution >= 4 is 33.4 Å². The number of hydrogen-bond donors (Lipinski definition) is 3. The standard InChI is InChI=1S/C20H17BrF2N4O2/c1-24-18-6-11(2-3-14(18)20(28)29)17-9-19(27-10-26-17)25-5-4-13-15(22)7-12(21)8-16(13)23/h2-3,6-10,24H,4-5H2,1H3,(H,28,29)(H,25,26,27). The van der Waals surface area contributed by atoms with Crippen LogP contribution in [0.15, 0.2) is 47.2 Å². The number of halogens is 3. The summed E-state index contributed by atoms with van der Waals surface area (Å²) in [7, 11) is 1.64. The lowest BCUT2D eigenvalue weighted by molar-refractivity contribution is 0.0698. The zero-order chi connectivity index (χ0) is 21.0. The van der Waals surface area contributed by atoms with Crippen LogP contribution < -0.4 is 10.6 Å². The predicted octanol–water partition coefficient (Wildman–Crippen LogP) is 4.58. The van der Waals surface area contributed by atoms with E-state index in [-0.39, 0.29) is 24.1 Å². The van der Waals surface area contributed by atoms with E-state index in [1.807, 2.05) is 0 Å². The number of anilines is 2. The van der Waals surface area contributed by atoms with Crippen molar-refractivity contribution < 1.29 is 18.7 Å². The maximum absolute atomic E-state index is 13.9. The number of hydrogen-bond acceptors (Lipinski definition) is 5. The fourth-order valence-electron chi connectivity index (χ4n) is 2.84. The first kappa shape index (κ1) is 20.7. The van der Waals surface area contributed by atoms with Crippen molar-refractivity contribution in [2.24, 2.45) is 0 Å². The van der Waals surface area contributed by atoms with Crippen molar-refractivity contribution in [3.63, 3.8) is 0 Å². The molecule has 0 unspecified atom stereocenters. The smallest absolute Gasteiger partial charge is 0.337 e. The van der Waals surface area contributed by atoms with E-state index in [1.54, 1.807) is 25.2 Å². The maximum Gasteiger partial charge on any atom is 0.337 e. The fourth-order valence-corrected chi connectivity index (χ4v) is 3.24. The van der Waals surface area contributed by atoms with E-state index in [4.69, 9.17) is 0 Å². The molecule has 6 nitrogen and oxygen atoms in total. The summed E-state index contributed by atoms with van der Waals surface area (Å²) in [6.45, 7) is 0.269. The normalized spacial score (nSPS) is 10.6. The van der Waals surface area contributed by atoms with Crippen molar-refractivity contribution in [2.45, 2.75) is 6.42 Å². The van der Waals surface area contributed by atoms with Crippen LogP contribution in [0.3, 0.4) is 0 Å². The van der Waals surface area contributed by atoms with Gasteiger partial charge in [0.15, 0.2) is 0 Å². The second-order valence-corrected chi connectivity index (χ2v) is 7.04. The Kier molecular flexibility index (Phi) is 6.38. The number of benzene rings is 2. The van der Waals surface area contributed by atoms with Crippen LogP contribution in [0.4, 0.5) is 20.3 Å². The number of carbonyl (C=O) groups is 1. The monoisotopic (exact) mass is 462 g/mol. The number of aromatic nitrogens is 2. The van der Waals surface area contributed by atoms with Crippen LogP contribution in [0.5, 0.6) is 0 Å². The molecule has 3 rings (SSSR count). The van der Waals surface area contributed by atoms with Gasteiger partial charge in [-0.3, -0.25) is 0 Å². The highest BCUT2D eigenvalue weighted by Crippen LogP contribution is 2.25. The van der Waals surface area contributed by atoms with E-state index < -0.39 is 17.6 Å². The Morgan fingerprint density at radius 2 is 1.86 bits per heavy atom. The van der Waals surface area contributed by atoms with Crippen molar-refractivity contribution in [3.8, 4) is 11.3 Å². The first-order chi connectivity index (χ1) is 13.9. The van der Waals surface area contributed by atoms with Crippen molar-refractivity contribution in [1.29, 1.82) is 0 Å². The van der Waals surface area contributed by atoms with Crippen LogP contribution >= 0.6 is 15.9 Å². The largest absolute Gasteiger partial charge is 0.478 e. The molecule has 9 heteroatoms. The molecule has 0 saturated heterocycles. The summed E-state index contributed by atoms with van der Waals surface area (Å²) in [4.78, 5) is 19.6. The van der Waals surface area contributed by atoms with Crippen LogP contribution in [0.2, 0.25) is 0 Å². The second-order valence-electron chi connectivity index (χ2n) is 6.13. The highest BCUT2D eigenvalue weighted by molar-refractivity contribution is 9.10. The predicted molar refractivity (Wildman–Crippen MR) is 110 cm³/mol. The van der Waals surface area contributed by atoms with Crippen LogP contribution in [0.25, 0.3) is 11.3 Å². The topological polar surface area (TPSA) is 87.1 Å². The number of nitrogens with zero attached hydrogens (tertiary/aromatic N) is 2. The molecule has 0 atom stereocenters. The zero-order valence-corrected chi connectivity index (χ0v) is 16.9. The van der Waals surface area contributed by atoms with Crippen molar-refractivity contribution in [3.05, 3.63) is 70.0 Å². The molecule has 0 aliphatic carbocycles. The number of carboxylic acids is 1. The molecule has 0 bridgehead atoms. The zero-order valence-electron chi connectivity index (χ0n) is 15.3. The molecular formula is C20H17BrF2N4O2. The number of rotatable bonds is 7. The molecule has 0 spiro atoms. The maximum atomic E-state index is 13.9. The van der Waals surface area contributed by atoms with Crippen LogP contribution in [-0.2, 0) is 6.42 Å². The molecule has 1 heterocycles. The molecule has 3 aromatic rings. The first-order valence-electron chi connectivity index (χ1n) is 8.64. The Morgan fingerprint density at radius 3 is 2.52 bits per heavy atom. The van der Waals surface area contributed by atoms with Gasteiger partial charge in [0.05, 0.1) is 11.3 Å². The van der Waals surface area contributed by atoms with Gasteiger partial charge >= 0.3 is 5.97 Å². The van der Waals surface area contributed by atoms with Crippen molar-refractivity contribution in [2.75, 3.05) is 24.2 Å². The van der Waals surface area contributed by atoms with Gasteiger partial charge in [-0.1, -0.05) is 22.0 Å². The van der Waals surface area contributed by atoms with Gasteiger partial charge in [0.2, 0.25) is 0 Å². The minimum Gasteiger partial charge on any atom is -0.478 e. The SMILES string of the molecule is CNc1cc(-c2cc(NCCc3c(F)cc(Br)cc3F)ncn2)ccc1C(=O)O. The van der Waals surface area contributed by atoms with E-state index in [0.717, 1.165) is 0 Å². The quantitative estimate of drug-likeness (QED) is 0.476. The summed E-state index contributed by atoms with van der Waals surface area (Å²) in [6, 6.07) is 8.97. The van der Waals surface area contributed by atoms with Gasteiger partial charge < -0.3 is 15.7 Å². The van der Waals surface area contributed by atoms with Gasteiger partial charge in [0.1, 0.15) is 23.8 Å². The van der Waals surface area contributed by atoms with Crippen LogP contribution in [0.1, 0.15) is 15.9 Å². The average Bonchev–Trinajstić information content (AvgIpc) is 2.69. The molecule has 0 saturated carbocycles. The van der Waals surface area contributed by atoms with Crippen LogP contribution in [0, 0.1) is 11.6 Å².